The second kappa shape index (κ2) is 8.86. The number of carbonyl (C=O) groups is 1. The molecule has 2 aromatic carbocycles. The fourth-order valence-electron chi connectivity index (χ4n) is 2.91. The van der Waals surface area contributed by atoms with E-state index in [0.29, 0.717) is 37.3 Å². The molecule has 30 heavy (non-hydrogen) atoms. The number of halogens is 2. The summed E-state index contributed by atoms with van der Waals surface area (Å²) in [7, 11) is 1.61. The Morgan fingerprint density at radius 1 is 1.10 bits per heavy atom. The summed E-state index contributed by atoms with van der Waals surface area (Å²) in [6.07, 6.45) is 1.70. The topological polar surface area (TPSA) is 42.7 Å². The van der Waals surface area contributed by atoms with Crippen LogP contribution in [0.1, 0.15) is 11.3 Å². The first-order chi connectivity index (χ1) is 14.4. The number of hydrogen-bond acceptors (Lipinski definition) is 5. The normalized spacial score (nSPS) is 15.3. The van der Waals surface area contributed by atoms with E-state index in [4.69, 9.17) is 44.6 Å². The maximum Gasteiger partial charge on any atom is 0.266 e. The first-order valence-corrected chi connectivity index (χ1v) is 10.9. The molecule has 152 valence electrons. The Morgan fingerprint density at radius 3 is 2.57 bits per heavy atom. The average molecular weight is 476 g/mol. The van der Waals surface area contributed by atoms with Crippen LogP contribution in [0, 0.1) is 0 Å². The SMILES string of the molecule is COc1ccc(CN2C(=O)/C(=C/c3ccc(-c4ccc(Cl)c(Cl)c4)o3)SC2=S)cc1. The summed E-state index contributed by atoms with van der Waals surface area (Å²) in [5.74, 6) is 1.81. The van der Waals surface area contributed by atoms with E-state index < -0.39 is 0 Å². The molecule has 0 spiro atoms. The van der Waals surface area contributed by atoms with E-state index in [1.807, 2.05) is 36.4 Å². The monoisotopic (exact) mass is 475 g/mol. The number of methoxy groups -OCH3 is 1. The van der Waals surface area contributed by atoms with Crippen LogP contribution in [0.4, 0.5) is 0 Å². The molecule has 8 heteroatoms. The lowest BCUT2D eigenvalue weighted by molar-refractivity contribution is -0.122. The summed E-state index contributed by atoms with van der Waals surface area (Å²) in [5, 5.41) is 0.930. The van der Waals surface area contributed by atoms with Gasteiger partial charge in [0.25, 0.3) is 5.91 Å². The van der Waals surface area contributed by atoms with E-state index in [-0.39, 0.29) is 5.91 Å². The van der Waals surface area contributed by atoms with Crippen molar-refractivity contribution in [3.05, 3.63) is 80.9 Å². The van der Waals surface area contributed by atoms with E-state index in [9.17, 15) is 4.79 Å². The Hall–Kier alpha value is -2.25. The summed E-state index contributed by atoms with van der Waals surface area (Å²) in [6.45, 7) is 0.401. The molecule has 0 aliphatic carbocycles. The third-order valence-electron chi connectivity index (χ3n) is 4.48. The van der Waals surface area contributed by atoms with Crippen molar-refractivity contribution in [1.29, 1.82) is 0 Å². The maximum atomic E-state index is 12.9. The summed E-state index contributed by atoms with van der Waals surface area (Å²) in [6, 6.07) is 16.4. The Balaban J connectivity index is 1.51. The van der Waals surface area contributed by atoms with E-state index >= 15 is 0 Å². The minimum Gasteiger partial charge on any atom is -0.497 e. The molecule has 1 aliphatic heterocycles. The molecule has 4 nitrogen and oxygen atoms in total. The smallest absolute Gasteiger partial charge is 0.266 e. The molecule has 1 fully saturated rings. The van der Waals surface area contributed by atoms with Crippen LogP contribution in [0.3, 0.4) is 0 Å². The molecule has 1 aliphatic rings. The molecule has 2 heterocycles. The fraction of sp³-hybridized carbons (Fsp3) is 0.0909. The number of ether oxygens (including phenoxy) is 1. The van der Waals surface area contributed by atoms with E-state index in [2.05, 4.69) is 0 Å². The van der Waals surface area contributed by atoms with Crippen molar-refractivity contribution >= 4 is 63.5 Å². The molecule has 0 bridgehead atoms. The maximum absolute atomic E-state index is 12.9. The predicted octanol–water partition coefficient (Wildman–Crippen LogP) is 6.66. The highest BCUT2D eigenvalue weighted by molar-refractivity contribution is 8.26. The van der Waals surface area contributed by atoms with Gasteiger partial charge >= 0.3 is 0 Å². The molecule has 3 aromatic rings. The van der Waals surface area contributed by atoms with Gasteiger partial charge in [-0.25, -0.2) is 0 Å². The van der Waals surface area contributed by atoms with Crippen molar-refractivity contribution in [3.63, 3.8) is 0 Å². The number of carbonyl (C=O) groups excluding carboxylic acids is 1. The Morgan fingerprint density at radius 2 is 1.87 bits per heavy atom. The Labute approximate surface area is 193 Å². The summed E-state index contributed by atoms with van der Waals surface area (Å²) in [5.41, 5.74) is 1.77. The molecular weight excluding hydrogens is 461 g/mol. The van der Waals surface area contributed by atoms with Crippen LogP contribution in [-0.4, -0.2) is 22.2 Å². The van der Waals surface area contributed by atoms with E-state index in [0.717, 1.165) is 16.9 Å². The van der Waals surface area contributed by atoms with Crippen LogP contribution in [0.2, 0.25) is 10.0 Å². The molecule has 4 rings (SSSR count). The van der Waals surface area contributed by atoms with E-state index in [1.54, 1.807) is 36.3 Å². The highest BCUT2D eigenvalue weighted by Crippen LogP contribution is 2.35. The molecule has 1 aromatic heterocycles. The zero-order valence-corrected chi connectivity index (χ0v) is 18.9. The average Bonchev–Trinajstić information content (AvgIpc) is 3.31. The number of amides is 1. The first kappa shape index (κ1) is 21.0. The third-order valence-corrected chi connectivity index (χ3v) is 6.59. The molecule has 0 saturated carbocycles. The quantitative estimate of drug-likeness (QED) is 0.304. The van der Waals surface area contributed by atoms with Crippen LogP contribution in [0.25, 0.3) is 17.4 Å². The van der Waals surface area contributed by atoms with Crippen LogP contribution in [-0.2, 0) is 11.3 Å². The van der Waals surface area contributed by atoms with Crippen LogP contribution in [0.5, 0.6) is 5.75 Å². The molecular formula is C22H15Cl2NO3S2. The third kappa shape index (κ3) is 4.42. The van der Waals surface area contributed by atoms with Crippen molar-refractivity contribution < 1.29 is 13.9 Å². The van der Waals surface area contributed by atoms with Crippen LogP contribution < -0.4 is 4.74 Å². The molecule has 1 amide bonds. The standard InChI is InChI=1S/C22H15Cl2NO3S2/c1-27-15-5-2-13(3-6-15)12-25-21(26)20(30-22(25)29)11-16-7-9-19(28-16)14-4-8-17(23)18(24)10-14/h2-11H,12H2,1H3/b20-11-. The number of rotatable bonds is 5. The molecule has 1 saturated heterocycles. The summed E-state index contributed by atoms with van der Waals surface area (Å²) >= 11 is 18.7. The van der Waals surface area contributed by atoms with Gasteiger partial charge in [0.2, 0.25) is 0 Å². The lowest BCUT2D eigenvalue weighted by atomic mass is 10.2. The predicted molar refractivity (Wildman–Crippen MR) is 126 cm³/mol. The van der Waals surface area contributed by atoms with Gasteiger partial charge in [0, 0.05) is 11.6 Å². The van der Waals surface area contributed by atoms with Crippen LogP contribution >= 0.6 is 47.2 Å². The van der Waals surface area contributed by atoms with Crippen molar-refractivity contribution in [3.8, 4) is 17.1 Å². The van der Waals surface area contributed by atoms with Crippen molar-refractivity contribution in [1.82, 2.24) is 4.90 Å². The molecule has 0 N–H and O–H groups in total. The van der Waals surface area contributed by atoms with Gasteiger partial charge in [-0.3, -0.25) is 9.69 Å². The van der Waals surface area contributed by atoms with Gasteiger partial charge in [0.15, 0.2) is 0 Å². The number of nitrogens with zero attached hydrogens (tertiary/aromatic N) is 1. The van der Waals surface area contributed by atoms with Crippen LogP contribution in [0.15, 0.2) is 63.9 Å². The van der Waals surface area contributed by atoms with Crippen molar-refractivity contribution in [2.75, 3.05) is 7.11 Å². The Kier molecular flexibility index (Phi) is 6.20. The second-order valence-electron chi connectivity index (χ2n) is 6.45. The number of hydrogen-bond donors (Lipinski definition) is 0. The fourth-order valence-corrected chi connectivity index (χ4v) is 4.45. The minimum atomic E-state index is -0.145. The lowest BCUT2D eigenvalue weighted by Gasteiger charge is -2.14. The zero-order chi connectivity index (χ0) is 21.3. The lowest BCUT2D eigenvalue weighted by Crippen LogP contribution is -2.27. The number of benzene rings is 2. The highest BCUT2D eigenvalue weighted by atomic mass is 35.5. The van der Waals surface area contributed by atoms with Gasteiger partial charge in [0.05, 0.1) is 28.6 Å². The first-order valence-electron chi connectivity index (χ1n) is 8.88. The van der Waals surface area contributed by atoms with Gasteiger partial charge in [0.1, 0.15) is 21.6 Å². The van der Waals surface area contributed by atoms with Crippen molar-refractivity contribution in [2.45, 2.75) is 6.54 Å². The number of thioether (sulfide) groups is 1. The summed E-state index contributed by atoms with van der Waals surface area (Å²) in [4.78, 5) is 15.0. The van der Waals surface area contributed by atoms with Gasteiger partial charge in [-0.15, -0.1) is 0 Å². The molecule has 0 radical (unpaired) electrons. The largest absolute Gasteiger partial charge is 0.497 e. The summed E-state index contributed by atoms with van der Waals surface area (Å²) < 4.78 is 11.5. The van der Waals surface area contributed by atoms with Gasteiger partial charge in [-0.1, -0.05) is 59.3 Å². The van der Waals surface area contributed by atoms with Gasteiger partial charge in [-0.05, 0) is 48.0 Å². The molecule has 0 atom stereocenters. The molecule has 0 unspecified atom stereocenters. The van der Waals surface area contributed by atoms with Gasteiger partial charge < -0.3 is 9.15 Å². The number of thiocarbonyl (C=S) groups is 1. The second-order valence-corrected chi connectivity index (χ2v) is 8.94. The highest BCUT2D eigenvalue weighted by Gasteiger charge is 2.32. The number of furan rings is 1. The van der Waals surface area contributed by atoms with Gasteiger partial charge in [-0.2, -0.15) is 0 Å². The van der Waals surface area contributed by atoms with Crippen molar-refractivity contribution in [2.24, 2.45) is 0 Å². The van der Waals surface area contributed by atoms with E-state index in [1.165, 1.54) is 11.8 Å². The minimum absolute atomic E-state index is 0.145. The Bertz CT molecular complexity index is 1160. The zero-order valence-electron chi connectivity index (χ0n) is 15.7.